The number of benzene rings is 1. The third-order valence-electron chi connectivity index (χ3n) is 4.22. The smallest absolute Gasteiger partial charge is 0.134 e. The number of hydrogen-bond acceptors (Lipinski definition) is 4. The highest BCUT2D eigenvalue weighted by atomic mass is 16.3. The van der Waals surface area contributed by atoms with E-state index in [1.807, 2.05) is 45.0 Å². The van der Waals surface area contributed by atoms with E-state index in [0.717, 1.165) is 28.0 Å². The topological polar surface area (TPSA) is 58.0 Å². The third kappa shape index (κ3) is 3.24. The largest absolute Gasteiger partial charge is 0.396 e. The number of rotatable bonds is 5. The molecule has 0 aliphatic heterocycles. The Morgan fingerprint density at radius 2 is 1.71 bits per heavy atom. The number of fused-ring (bicyclic) bond motifs is 1. The summed E-state index contributed by atoms with van der Waals surface area (Å²) >= 11 is 0. The van der Waals surface area contributed by atoms with Crippen LogP contribution in [0.1, 0.15) is 19.5 Å². The molecule has 0 saturated carbocycles. The number of pyridine rings is 2. The Bertz CT molecular complexity index is 844. The molecular weight excluding hydrogens is 298 g/mol. The number of anilines is 1. The highest BCUT2D eigenvalue weighted by molar-refractivity contribution is 6.02. The normalized spacial score (nSPS) is 11.7. The van der Waals surface area contributed by atoms with Crippen LogP contribution in [0.3, 0.4) is 0 Å². The van der Waals surface area contributed by atoms with E-state index in [0.29, 0.717) is 6.54 Å². The Morgan fingerprint density at radius 3 is 2.38 bits per heavy atom. The Morgan fingerprint density at radius 1 is 1.04 bits per heavy atom. The molecule has 4 heteroatoms. The minimum absolute atomic E-state index is 0.131. The molecule has 0 amide bonds. The van der Waals surface area contributed by atoms with Crippen molar-refractivity contribution in [2.24, 2.45) is 5.41 Å². The van der Waals surface area contributed by atoms with Crippen LogP contribution in [0.2, 0.25) is 0 Å². The van der Waals surface area contributed by atoms with Crippen LogP contribution in [-0.2, 0) is 0 Å². The van der Waals surface area contributed by atoms with E-state index in [-0.39, 0.29) is 12.0 Å². The molecule has 1 aromatic carbocycles. The van der Waals surface area contributed by atoms with E-state index in [2.05, 4.69) is 22.4 Å². The fraction of sp³-hybridized carbons (Fsp3) is 0.300. The number of hydrogen-bond donors (Lipinski definition) is 2. The quantitative estimate of drug-likeness (QED) is 0.745. The predicted octanol–water partition coefficient (Wildman–Crippen LogP) is 4.04. The number of nitrogens with one attached hydrogen (secondary N) is 1. The van der Waals surface area contributed by atoms with Crippen LogP contribution in [-0.4, -0.2) is 28.2 Å². The molecule has 0 radical (unpaired) electrons. The molecule has 0 aliphatic rings. The first kappa shape index (κ1) is 16.4. The summed E-state index contributed by atoms with van der Waals surface area (Å²) in [5, 5.41) is 15.1. The van der Waals surface area contributed by atoms with Crippen LogP contribution >= 0.6 is 0 Å². The van der Waals surface area contributed by atoms with Crippen molar-refractivity contribution in [3.8, 4) is 11.1 Å². The molecular formula is C20H23N3O. The molecule has 0 saturated heterocycles. The number of aryl methyl sites for hydroxylation is 1. The maximum Gasteiger partial charge on any atom is 0.134 e. The lowest BCUT2D eigenvalue weighted by Crippen LogP contribution is -2.27. The summed E-state index contributed by atoms with van der Waals surface area (Å²) in [5.74, 6) is 0.863. The maximum absolute atomic E-state index is 9.47. The highest BCUT2D eigenvalue weighted by Crippen LogP contribution is 2.34. The predicted molar refractivity (Wildman–Crippen MR) is 99.1 cm³/mol. The molecule has 4 nitrogen and oxygen atoms in total. The van der Waals surface area contributed by atoms with Crippen molar-refractivity contribution in [1.82, 2.24) is 9.97 Å². The van der Waals surface area contributed by atoms with E-state index >= 15 is 0 Å². The van der Waals surface area contributed by atoms with Gasteiger partial charge in [-0.1, -0.05) is 38.1 Å². The van der Waals surface area contributed by atoms with Crippen LogP contribution in [0.25, 0.3) is 21.9 Å². The second-order valence-electron chi connectivity index (χ2n) is 6.88. The molecule has 0 bridgehead atoms. The van der Waals surface area contributed by atoms with Gasteiger partial charge in [0.1, 0.15) is 5.82 Å². The van der Waals surface area contributed by atoms with Gasteiger partial charge in [-0.2, -0.15) is 0 Å². The van der Waals surface area contributed by atoms with Gasteiger partial charge in [-0.05, 0) is 30.0 Å². The molecule has 0 spiro atoms. The van der Waals surface area contributed by atoms with Crippen LogP contribution in [0.4, 0.5) is 5.82 Å². The summed E-state index contributed by atoms with van der Waals surface area (Å²) in [6.07, 6.45) is 3.61. The first-order valence-electron chi connectivity index (χ1n) is 8.16. The van der Waals surface area contributed by atoms with Crippen molar-refractivity contribution in [3.63, 3.8) is 0 Å². The van der Waals surface area contributed by atoms with E-state index in [9.17, 15) is 5.11 Å². The lowest BCUT2D eigenvalue weighted by molar-refractivity contribution is 0.171. The fourth-order valence-electron chi connectivity index (χ4n) is 2.78. The molecule has 0 fully saturated rings. The van der Waals surface area contributed by atoms with E-state index in [1.165, 1.54) is 5.39 Å². The van der Waals surface area contributed by atoms with Gasteiger partial charge in [0.15, 0.2) is 0 Å². The van der Waals surface area contributed by atoms with Crippen LogP contribution in [0.5, 0.6) is 0 Å². The standard InChI is InChI=1S/C20H23N3O/c1-14-18(15-8-10-21-11-9-15)16-6-4-5-7-17(16)19(23-14)22-12-20(2,3)13-24/h4-11,24H,12-13H2,1-3H3,(H,22,23). The molecule has 0 atom stereocenters. The Balaban J connectivity index is 2.11. The number of aliphatic hydroxyl groups excluding tert-OH is 1. The minimum Gasteiger partial charge on any atom is -0.396 e. The van der Waals surface area contributed by atoms with Gasteiger partial charge in [0, 0.05) is 47.6 Å². The molecule has 24 heavy (non-hydrogen) atoms. The molecule has 2 aromatic heterocycles. The average Bonchev–Trinajstić information content (AvgIpc) is 2.60. The molecule has 0 aliphatic carbocycles. The van der Waals surface area contributed by atoms with E-state index in [4.69, 9.17) is 4.98 Å². The zero-order valence-corrected chi connectivity index (χ0v) is 14.4. The number of nitrogens with zero attached hydrogens (tertiary/aromatic N) is 2. The minimum atomic E-state index is -0.194. The molecule has 0 unspecified atom stereocenters. The second-order valence-corrected chi connectivity index (χ2v) is 6.88. The lowest BCUT2D eigenvalue weighted by Gasteiger charge is -2.23. The zero-order chi connectivity index (χ0) is 17.2. The van der Waals surface area contributed by atoms with E-state index in [1.54, 1.807) is 12.4 Å². The van der Waals surface area contributed by atoms with Crippen molar-refractivity contribution >= 4 is 16.6 Å². The van der Waals surface area contributed by atoms with Crippen molar-refractivity contribution < 1.29 is 5.11 Å². The first-order chi connectivity index (χ1) is 11.5. The molecule has 2 heterocycles. The molecule has 3 rings (SSSR count). The van der Waals surface area contributed by atoms with Crippen LogP contribution < -0.4 is 5.32 Å². The summed E-state index contributed by atoms with van der Waals surface area (Å²) in [6, 6.07) is 12.3. The van der Waals surface area contributed by atoms with Gasteiger partial charge >= 0.3 is 0 Å². The van der Waals surface area contributed by atoms with Gasteiger partial charge < -0.3 is 10.4 Å². The van der Waals surface area contributed by atoms with Crippen molar-refractivity contribution in [1.29, 1.82) is 0 Å². The second kappa shape index (κ2) is 6.57. The average molecular weight is 321 g/mol. The van der Waals surface area contributed by atoms with Gasteiger partial charge in [0.05, 0.1) is 0 Å². The van der Waals surface area contributed by atoms with Crippen molar-refractivity contribution in [2.45, 2.75) is 20.8 Å². The fourth-order valence-corrected chi connectivity index (χ4v) is 2.78. The summed E-state index contributed by atoms with van der Waals surface area (Å²) in [4.78, 5) is 8.91. The zero-order valence-electron chi connectivity index (χ0n) is 14.4. The SMILES string of the molecule is Cc1nc(NCC(C)(C)CO)c2ccccc2c1-c1ccncc1. The van der Waals surface area contributed by atoms with Gasteiger partial charge in [-0.3, -0.25) is 4.98 Å². The van der Waals surface area contributed by atoms with Crippen LogP contribution in [0.15, 0.2) is 48.8 Å². The summed E-state index contributed by atoms with van der Waals surface area (Å²) in [7, 11) is 0. The van der Waals surface area contributed by atoms with Crippen molar-refractivity contribution in [3.05, 3.63) is 54.5 Å². The Labute approximate surface area is 142 Å². The third-order valence-corrected chi connectivity index (χ3v) is 4.22. The Hall–Kier alpha value is -2.46. The molecule has 3 aromatic rings. The maximum atomic E-state index is 9.47. The van der Waals surface area contributed by atoms with Gasteiger partial charge in [0.2, 0.25) is 0 Å². The van der Waals surface area contributed by atoms with Gasteiger partial charge in [-0.15, -0.1) is 0 Å². The van der Waals surface area contributed by atoms with E-state index < -0.39 is 0 Å². The highest BCUT2D eigenvalue weighted by Gasteiger charge is 2.18. The lowest BCUT2D eigenvalue weighted by atomic mass is 9.94. The summed E-state index contributed by atoms with van der Waals surface area (Å²) < 4.78 is 0. The molecule has 124 valence electrons. The summed E-state index contributed by atoms with van der Waals surface area (Å²) in [5.41, 5.74) is 3.04. The first-order valence-corrected chi connectivity index (χ1v) is 8.16. The van der Waals surface area contributed by atoms with Gasteiger partial charge in [-0.25, -0.2) is 4.98 Å². The Kier molecular flexibility index (Phi) is 4.49. The monoisotopic (exact) mass is 321 g/mol. The summed E-state index contributed by atoms with van der Waals surface area (Å²) in [6.45, 7) is 6.88. The van der Waals surface area contributed by atoms with Gasteiger partial charge in [0.25, 0.3) is 0 Å². The van der Waals surface area contributed by atoms with Crippen LogP contribution in [0, 0.1) is 12.3 Å². The molecule has 2 N–H and O–H groups in total. The number of aliphatic hydroxyl groups is 1. The van der Waals surface area contributed by atoms with Crippen molar-refractivity contribution in [2.75, 3.05) is 18.5 Å². The number of aromatic nitrogens is 2.